The summed E-state index contributed by atoms with van der Waals surface area (Å²) in [6, 6.07) is 0.259. The molecule has 0 saturated carbocycles. The second-order valence-electron chi connectivity index (χ2n) is 6.92. The summed E-state index contributed by atoms with van der Waals surface area (Å²) in [6.45, 7) is 12.0. The number of nitrogens with zero attached hydrogens (tertiary/aromatic N) is 3. The van der Waals surface area contributed by atoms with Crippen LogP contribution in [0.1, 0.15) is 53.3 Å². The standard InChI is InChI=1S/C14H29N5/c1-11(2)9-19-13(16-10-17-19)8-12(18-15)6-7-14(3,4)5/h10-12,18H,6-9,15H2,1-5H3. The zero-order valence-corrected chi connectivity index (χ0v) is 13.0. The summed E-state index contributed by atoms with van der Waals surface area (Å²) < 4.78 is 1.99. The van der Waals surface area contributed by atoms with Crippen LogP contribution >= 0.6 is 0 Å². The summed E-state index contributed by atoms with van der Waals surface area (Å²) in [6.07, 6.45) is 4.66. The van der Waals surface area contributed by atoms with Crippen LogP contribution < -0.4 is 11.3 Å². The highest BCUT2D eigenvalue weighted by Crippen LogP contribution is 2.22. The Balaban J connectivity index is 2.58. The van der Waals surface area contributed by atoms with Crippen molar-refractivity contribution in [2.75, 3.05) is 0 Å². The third-order valence-corrected chi connectivity index (χ3v) is 3.14. The number of aromatic nitrogens is 3. The highest BCUT2D eigenvalue weighted by molar-refractivity contribution is 4.90. The van der Waals surface area contributed by atoms with Crippen molar-refractivity contribution in [3.05, 3.63) is 12.2 Å². The number of nitrogens with one attached hydrogen (secondary N) is 1. The van der Waals surface area contributed by atoms with Crippen molar-refractivity contribution in [3.8, 4) is 0 Å². The Morgan fingerprint density at radius 3 is 2.58 bits per heavy atom. The minimum absolute atomic E-state index is 0.259. The maximum atomic E-state index is 5.66. The lowest BCUT2D eigenvalue weighted by Gasteiger charge is -2.22. The highest BCUT2D eigenvalue weighted by Gasteiger charge is 2.17. The first-order chi connectivity index (χ1) is 8.81. The largest absolute Gasteiger partial charge is 0.271 e. The first-order valence-electron chi connectivity index (χ1n) is 7.14. The second kappa shape index (κ2) is 7.01. The number of rotatable bonds is 7. The van der Waals surface area contributed by atoms with Crippen molar-refractivity contribution >= 4 is 0 Å². The van der Waals surface area contributed by atoms with E-state index in [4.69, 9.17) is 5.84 Å². The van der Waals surface area contributed by atoms with E-state index in [0.717, 1.165) is 31.6 Å². The molecule has 0 aliphatic heterocycles. The molecular formula is C14H29N5. The van der Waals surface area contributed by atoms with Crippen molar-refractivity contribution in [1.29, 1.82) is 0 Å². The molecule has 0 saturated heterocycles. The number of hydrogen-bond donors (Lipinski definition) is 2. The van der Waals surface area contributed by atoms with Crippen LogP contribution in [0.4, 0.5) is 0 Å². The Morgan fingerprint density at radius 2 is 2.05 bits per heavy atom. The highest BCUT2D eigenvalue weighted by atomic mass is 15.3. The quantitative estimate of drug-likeness (QED) is 0.586. The predicted octanol–water partition coefficient (Wildman–Crippen LogP) is 2.13. The number of hydrogen-bond acceptors (Lipinski definition) is 4. The normalized spacial score (nSPS) is 14.1. The molecule has 0 aromatic carbocycles. The molecule has 0 fully saturated rings. The van der Waals surface area contributed by atoms with E-state index in [1.165, 1.54) is 0 Å². The summed E-state index contributed by atoms with van der Waals surface area (Å²) in [5, 5.41) is 4.29. The fourth-order valence-corrected chi connectivity index (χ4v) is 2.02. The van der Waals surface area contributed by atoms with Gasteiger partial charge in [-0.15, -0.1) is 0 Å². The number of nitrogens with two attached hydrogens (primary N) is 1. The first-order valence-corrected chi connectivity index (χ1v) is 7.14. The molecule has 3 N–H and O–H groups in total. The molecule has 0 radical (unpaired) electrons. The smallest absolute Gasteiger partial charge is 0.138 e. The van der Waals surface area contributed by atoms with Gasteiger partial charge in [0.25, 0.3) is 0 Å². The van der Waals surface area contributed by atoms with Crippen LogP contribution in [0.25, 0.3) is 0 Å². The molecule has 1 aromatic rings. The van der Waals surface area contributed by atoms with Crippen LogP contribution in [0, 0.1) is 11.3 Å². The Morgan fingerprint density at radius 1 is 1.37 bits per heavy atom. The second-order valence-corrected chi connectivity index (χ2v) is 6.92. The molecule has 0 amide bonds. The molecule has 1 rings (SSSR count). The molecule has 5 heteroatoms. The third kappa shape index (κ3) is 6.16. The molecule has 0 aliphatic rings. The van der Waals surface area contributed by atoms with Gasteiger partial charge >= 0.3 is 0 Å². The Bertz CT molecular complexity index is 364. The molecule has 1 aromatic heterocycles. The van der Waals surface area contributed by atoms with E-state index < -0.39 is 0 Å². The fraction of sp³-hybridized carbons (Fsp3) is 0.857. The third-order valence-electron chi connectivity index (χ3n) is 3.14. The van der Waals surface area contributed by atoms with Crippen LogP contribution in [0.3, 0.4) is 0 Å². The Kier molecular flexibility index (Phi) is 5.94. The molecule has 110 valence electrons. The SMILES string of the molecule is CC(C)Cn1ncnc1CC(CCC(C)(C)C)NN. The van der Waals surface area contributed by atoms with Gasteiger partial charge < -0.3 is 0 Å². The zero-order valence-electron chi connectivity index (χ0n) is 13.0. The maximum absolute atomic E-state index is 5.66. The van der Waals surface area contributed by atoms with Crippen molar-refractivity contribution < 1.29 is 0 Å². The lowest BCUT2D eigenvalue weighted by atomic mass is 9.88. The lowest BCUT2D eigenvalue weighted by molar-refractivity contribution is 0.325. The Labute approximate surface area is 116 Å². The summed E-state index contributed by atoms with van der Waals surface area (Å²) in [7, 11) is 0. The van der Waals surface area contributed by atoms with Gasteiger partial charge in [0, 0.05) is 19.0 Å². The topological polar surface area (TPSA) is 68.8 Å². The molecule has 0 spiro atoms. The molecule has 1 heterocycles. The fourth-order valence-electron chi connectivity index (χ4n) is 2.02. The van der Waals surface area contributed by atoms with Crippen LogP contribution in [0.15, 0.2) is 6.33 Å². The van der Waals surface area contributed by atoms with Gasteiger partial charge in [0.2, 0.25) is 0 Å². The van der Waals surface area contributed by atoms with Gasteiger partial charge in [0.1, 0.15) is 12.2 Å². The average Bonchev–Trinajstić information content (AvgIpc) is 2.69. The molecule has 1 atom stereocenters. The van der Waals surface area contributed by atoms with Crippen molar-refractivity contribution in [1.82, 2.24) is 20.2 Å². The van der Waals surface area contributed by atoms with Crippen LogP contribution in [0.2, 0.25) is 0 Å². The minimum atomic E-state index is 0.259. The summed E-state index contributed by atoms with van der Waals surface area (Å²) in [5.74, 6) is 7.25. The van der Waals surface area contributed by atoms with Gasteiger partial charge in [-0.25, -0.2) is 9.67 Å². The molecule has 19 heavy (non-hydrogen) atoms. The van der Waals surface area contributed by atoms with Gasteiger partial charge in [0.05, 0.1) is 0 Å². The van der Waals surface area contributed by atoms with E-state index in [1.54, 1.807) is 6.33 Å². The monoisotopic (exact) mass is 267 g/mol. The zero-order chi connectivity index (χ0) is 14.5. The first kappa shape index (κ1) is 16.1. The van der Waals surface area contributed by atoms with E-state index in [9.17, 15) is 0 Å². The summed E-state index contributed by atoms with van der Waals surface area (Å²) >= 11 is 0. The van der Waals surface area contributed by atoms with E-state index in [-0.39, 0.29) is 6.04 Å². The van der Waals surface area contributed by atoms with Gasteiger partial charge in [-0.3, -0.25) is 11.3 Å². The van der Waals surface area contributed by atoms with Gasteiger partial charge in [-0.1, -0.05) is 34.6 Å². The van der Waals surface area contributed by atoms with Crippen molar-refractivity contribution in [2.45, 2.75) is 66.5 Å². The lowest BCUT2D eigenvalue weighted by Crippen LogP contribution is -2.38. The average molecular weight is 267 g/mol. The van der Waals surface area contributed by atoms with E-state index in [0.29, 0.717) is 11.3 Å². The minimum Gasteiger partial charge on any atom is -0.271 e. The van der Waals surface area contributed by atoms with Crippen LogP contribution in [-0.4, -0.2) is 20.8 Å². The summed E-state index contributed by atoms with van der Waals surface area (Å²) in [4.78, 5) is 4.36. The number of hydrazine groups is 1. The van der Waals surface area contributed by atoms with Crippen LogP contribution in [0.5, 0.6) is 0 Å². The molecule has 0 bridgehead atoms. The molecule has 1 unspecified atom stereocenters. The predicted molar refractivity (Wildman–Crippen MR) is 78.4 cm³/mol. The maximum Gasteiger partial charge on any atom is 0.138 e. The van der Waals surface area contributed by atoms with E-state index in [1.807, 2.05) is 4.68 Å². The van der Waals surface area contributed by atoms with E-state index in [2.05, 4.69) is 50.1 Å². The van der Waals surface area contributed by atoms with Crippen molar-refractivity contribution in [2.24, 2.45) is 17.2 Å². The van der Waals surface area contributed by atoms with Crippen LogP contribution in [-0.2, 0) is 13.0 Å². The van der Waals surface area contributed by atoms with Crippen molar-refractivity contribution in [3.63, 3.8) is 0 Å². The molecule has 0 aliphatic carbocycles. The van der Waals surface area contributed by atoms with E-state index >= 15 is 0 Å². The molecular weight excluding hydrogens is 238 g/mol. The summed E-state index contributed by atoms with van der Waals surface area (Å²) in [5.41, 5.74) is 3.25. The van der Waals surface area contributed by atoms with Gasteiger partial charge in [-0.2, -0.15) is 5.10 Å². The van der Waals surface area contributed by atoms with Gasteiger partial charge in [-0.05, 0) is 24.2 Å². The molecule has 5 nitrogen and oxygen atoms in total. The van der Waals surface area contributed by atoms with Gasteiger partial charge in [0.15, 0.2) is 0 Å². The Hall–Kier alpha value is -0.940.